The van der Waals surface area contributed by atoms with Gasteiger partial charge in [-0.1, -0.05) is 38.5 Å². The Kier molecular flexibility index (Phi) is 6.43. The zero-order valence-electron chi connectivity index (χ0n) is 17.3. The molecule has 1 N–H and O–H groups in total. The number of carbonyl (C=O) groups is 1. The molecule has 2 fully saturated rings. The van der Waals surface area contributed by atoms with Gasteiger partial charge in [0.05, 0.1) is 5.00 Å². The fraction of sp³-hybridized carbons (Fsp3) is 0.650. The Balaban J connectivity index is 1.52. The number of thiophene rings is 1. The van der Waals surface area contributed by atoms with E-state index in [9.17, 15) is 13.2 Å². The molecule has 0 spiro atoms. The van der Waals surface area contributed by atoms with Gasteiger partial charge in [0.15, 0.2) is 0 Å². The van der Waals surface area contributed by atoms with Gasteiger partial charge in [0.2, 0.25) is 0 Å². The number of hydrogen-bond acceptors (Lipinski definition) is 6. The molecule has 10 heteroatoms. The van der Waals surface area contributed by atoms with Crippen LogP contribution in [0.2, 0.25) is 0 Å². The zero-order valence-corrected chi connectivity index (χ0v) is 18.9. The van der Waals surface area contributed by atoms with Crippen LogP contribution >= 0.6 is 11.3 Å². The maximum absolute atomic E-state index is 13.3. The van der Waals surface area contributed by atoms with Crippen molar-refractivity contribution < 1.29 is 13.2 Å². The lowest BCUT2D eigenvalue weighted by molar-refractivity contribution is 0.114. The predicted octanol–water partition coefficient (Wildman–Crippen LogP) is 4.21. The third-order valence-electron chi connectivity index (χ3n) is 6.16. The average molecular weight is 452 g/mol. The van der Waals surface area contributed by atoms with Gasteiger partial charge in [-0.25, -0.2) is 13.2 Å². The standard InChI is InChI=1S/C20H29N5O3S2/c1-24-14-21-23-20(24)30(27,28)18-13-12-17(29-18)22-19(26)25(15-8-4-2-5-9-15)16-10-6-3-7-11-16/h12-16H,2-11H2,1H3,(H,22,26). The maximum Gasteiger partial charge on any atom is 0.322 e. The Morgan fingerprint density at radius 1 is 1.07 bits per heavy atom. The molecule has 2 amide bonds. The second-order valence-electron chi connectivity index (χ2n) is 8.27. The number of hydrogen-bond donors (Lipinski definition) is 1. The van der Waals surface area contributed by atoms with Gasteiger partial charge in [0.1, 0.15) is 10.5 Å². The molecule has 0 bridgehead atoms. The van der Waals surface area contributed by atoms with Crippen LogP contribution in [0.5, 0.6) is 0 Å². The summed E-state index contributed by atoms with van der Waals surface area (Å²) in [7, 11) is -2.17. The van der Waals surface area contributed by atoms with Crippen molar-refractivity contribution in [1.29, 1.82) is 0 Å². The fourth-order valence-corrected chi connectivity index (χ4v) is 7.22. The Hall–Kier alpha value is -1.94. The highest BCUT2D eigenvalue weighted by molar-refractivity contribution is 7.93. The number of anilines is 1. The maximum atomic E-state index is 13.3. The number of nitrogens with zero attached hydrogens (tertiary/aromatic N) is 4. The molecule has 4 rings (SSSR count). The molecule has 0 atom stereocenters. The first kappa shape index (κ1) is 21.3. The van der Waals surface area contributed by atoms with E-state index in [4.69, 9.17) is 0 Å². The van der Waals surface area contributed by atoms with E-state index in [0.717, 1.165) is 37.0 Å². The molecule has 8 nitrogen and oxygen atoms in total. The van der Waals surface area contributed by atoms with E-state index in [1.54, 1.807) is 13.1 Å². The van der Waals surface area contributed by atoms with Crippen LogP contribution in [0.15, 0.2) is 27.8 Å². The first-order valence-electron chi connectivity index (χ1n) is 10.7. The van der Waals surface area contributed by atoms with Crippen LogP contribution < -0.4 is 5.32 Å². The van der Waals surface area contributed by atoms with Crippen LogP contribution in [0, 0.1) is 0 Å². The van der Waals surface area contributed by atoms with E-state index < -0.39 is 9.84 Å². The number of nitrogens with one attached hydrogen (secondary N) is 1. The van der Waals surface area contributed by atoms with Crippen LogP contribution in [-0.2, 0) is 16.9 Å². The zero-order chi connectivity index (χ0) is 21.1. The van der Waals surface area contributed by atoms with Gasteiger partial charge >= 0.3 is 6.03 Å². The first-order chi connectivity index (χ1) is 14.5. The molecule has 0 radical (unpaired) electrons. The summed E-state index contributed by atoms with van der Waals surface area (Å²) < 4.78 is 27.1. The monoisotopic (exact) mass is 451 g/mol. The summed E-state index contributed by atoms with van der Waals surface area (Å²) in [5.41, 5.74) is 0. The van der Waals surface area contributed by atoms with Crippen LogP contribution in [0.3, 0.4) is 0 Å². The van der Waals surface area contributed by atoms with Gasteiger partial charge in [-0.15, -0.1) is 21.5 Å². The molecule has 0 aromatic carbocycles. The summed E-state index contributed by atoms with van der Waals surface area (Å²) in [6, 6.07) is 3.65. The summed E-state index contributed by atoms with van der Waals surface area (Å²) in [6.07, 6.45) is 12.7. The van der Waals surface area contributed by atoms with Crippen LogP contribution in [0.4, 0.5) is 9.80 Å². The van der Waals surface area contributed by atoms with Gasteiger partial charge < -0.3 is 9.47 Å². The van der Waals surface area contributed by atoms with Crippen LogP contribution in [0.25, 0.3) is 0 Å². The van der Waals surface area contributed by atoms with Gasteiger partial charge in [0.25, 0.3) is 15.0 Å². The summed E-state index contributed by atoms with van der Waals surface area (Å²) in [5.74, 6) is 0. The number of urea groups is 1. The molecule has 2 aliphatic rings. The molecule has 2 heterocycles. The SMILES string of the molecule is Cn1cnnc1S(=O)(=O)c1ccc(NC(=O)N(C2CCCCC2)C2CCCCC2)s1. The molecular weight excluding hydrogens is 422 g/mol. The Labute approximate surface area is 181 Å². The number of rotatable bonds is 5. The minimum absolute atomic E-state index is 0.0988. The largest absolute Gasteiger partial charge is 0.322 e. The number of carbonyl (C=O) groups excluding carboxylic acids is 1. The second-order valence-corrected chi connectivity index (χ2v) is 11.4. The highest BCUT2D eigenvalue weighted by Crippen LogP contribution is 2.33. The van der Waals surface area contributed by atoms with Gasteiger partial charge in [-0.2, -0.15) is 0 Å². The molecule has 0 unspecified atom stereocenters. The van der Waals surface area contributed by atoms with Crippen molar-refractivity contribution in [3.63, 3.8) is 0 Å². The minimum Gasteiger partial charge on any atom is -0.319 e. The van der Waals surface area contributed by atoms with Gasteiger partial charge in [-0.3, -0.25) is 5.32 Å². The smallest absolute Gasteiger partial charge is 0.319 e. The first-order valence-corrected chi connectivity index (χ1v) is 13.0. The highest BCUT2D eigenvalue weighted by Gasteiger charge is 2.33. The van der Waals surface area contributed by atoms with E-state index in [0.29, 0.717) is 5.00 Å². The van der Waals surface area contributed by atoms with Crippen molar-refractivity contribution >= 4 is 32.2 Å². The second kappa shape index (κ2) is 9.05. The highest BCUT2D eigenvalue weighted by atomic mass is 32.2. The number of sulfone groups is 1. The summed E-state index contributed by atoms with van der Waals surface area (Å²) in [4.78, 5) is 15.4. The summed E-state index contributed by atoms with van der Waals surface area (Å²) in [6.45, 7) is 0. The molecule has 2 aliphatic carbocycles. The van der Waals surface area contributed by atoms with Gasteiger partial charge in [-0.05, 0) is 37.8 Å². The molecule has 164 valence electrons. The third-order valence-corrected chi connectivity index (χ3v) is 9.38. The third kappa shape index (κ3) is 4.39. The average Bonchev–Trinajstić information content (AvgIpc) is 3.39. The topological polar surface area (TPSA) is 97.2 Å². The molecule has 30 heavy (non-hydrogen) atoms. The number of aryl methyl sites for hydroxylation is 1. The van der Waals surface area contributed by atoms with Crippen molar-refractivity contribution in [1.82, 2.24) is 19.7 Å². The van der Waals surface area contributed by atoms with Gasteiger partial charge in [0, 0.05) is 19.1 Å². The lowest BCUT2D eigenvalue weighted by atomic mass is 9.89. The molecule has 2 aromatic heterocycles. The van der Waals surface area contributed by atoms with E-state index in [2.05, 4.69) is 20.4 Å². The van der Waals surface area contributed by atoms with Crippen molar-refractivity contribution in [3.05, 3.63) is 18.5 Å². The fourth-order valence-electron chi connectivity index (χ4n) is 4.66. The Bertz CT molecular complexity index is 954. The van der Waals surface area contributed by atoms with Crippen molar-refractivity contribution in [2.24, 2.45) is 7.05 Å². The van der Waals surface area contributed by atoms with Crippen LogP contribution in [0.1, 0.15) is 64.2 Å². The van der Waals surface area contributed by atoms with E-state index in [1.807, 2.05) is 0 Å². The minimum atomic E-state index is -3.76. The van der Waals surface area contributed by atoms with Crippen LogP contribution in [-0.4, -0.2) is 46.2 Å². The van der Waals surface area contributed by atoms with E-state index in [1.165, 1.54) is 55.5 Å². The molecular formula is C20H29N5O3S2. The molecule has 0 aliphatic heterocycles. The molecule has 2 aromatic rings. The van der Waals surface area contributed by atoms with E-state index >= 15 is 0 Å². The summed E-state index contributed by atoms with van der Waals surface area (Å²) >= 11 is 1.06. The summed E-state index contributed by atoms with van der Waals surface area (Å²) in [5, 5.41) is 10.8. The molecule has 2 saturated carbocycles. The van der Waals surface area contributed by atoms with Crippen molar-refractivity contribution in [2.75, 3.05) is 5.32 Å². The van der Waals surface area contributed by atoms with Crippen molar-refractivity contribution in [3.8, 4) is 0 Å². The number of aromatic nitrogens is 3. The van der Waals surface area contributed by atoms with Crippen molar-refractivity contribution in [2.45, 2.75) is 85.7 Å². The van der Waals surface area contributed by atoms with E-state index in [-0.39, 0.29) is 27.5 Å². The predicted molar refractivity (Wildman–Crippen MR) is 115 cm³/mol. The molecule has 0 saturated heterocycles. The lowest BCUT2D eigenvalue weighted by Crippen LogP contribution is -2.50. The quantitative estimate of drug-likeness (QED) is 0.734. The Morgan fingerprint density at radius 2 is 1.67 bits per heavy atom. The number of amides is 2. The Morgan fingerprint density at radius 3 is 2.20 bits per heavy atom. The normalized spacial score (nSPS) is 19.0. The lowest BCUT2D eigenvalue weighted by Gasteiger charge is -2.41.